The molecule has 0 N–H and O–H groups in total. The Morgan fingerprint density at radius 1 is 1.58 bits per heavy atom. The van der Waals surface area contributed by atoms with Gasteiger partial charge in [-0.05, 0) is 12.1 Å². The van der Waals surface area contributed by atoms with E-state index < -0.39 is 11.8 Å². The topological polar surface area (TPSA) is 26.3 Å². The van der Waals surface area contributed by atoms with Gasteiger partial charge in [0.15, 0.2) is 0 Å². The van der Waals surface area contributed by atoms with E-state index in [0.717, 1.165) is 6.07 Å². The zero-order valence-corrected chi connectivity index (χ0v) is 6.50. The zero-order chi connectivity index (χ0) is 9.14. The van der Waals surface area contributed by atoms with Crippen LogP contribution in [0, 0.1) is 5.82 Å². The van der Waals surface area contributed by atoms with E-state index in [2.05, 4.69) is 4.74 Å². The molecule has 60 valence electrons. The number of rotatable bonds is 1. The van der Waals surface area contributed by atoms with Gasteiger partial charge in [-0.25, -0.2) is 9.18 Å². The van der Waals surface area contributed by atoms with Gasteiger partial charge in [0, 0.05) is 0 Å². The van der Waals surface area contributed by atoms with E-state index in [1.165, 1.54) is 19.2 Å². The summed E-state index contributed by atoms with van der Waals surface area (Å²) in [6.07, 6.45) is 0. The van der Waals surface area contributed by atoms with Gasteiger partial charge in [0.2, 0.25) is 0 Å². The second-order valence-corrected chi connectivity index (χ2v) is 2.23. The van der Waals surface area contributed by atoms with Crippen molar-refractivity contribution in [3.8, 4) is 0 Å². The lowest BCUT2D eigenvalue weighted by Crippen LogP contribution is -2.12. The Hall–Kier alpha value is -1.32. The Balaban J connectivity index is 3.05. The molecule has 1 aromatic rings. The van der Waals surface area contributed by atoms with Crippen molar-refractivity contribution in [1.82, 2.24) is 0 Å². The lowest BCUT2D eigenvalue weighted by molar-refractivity contribution is 0.0601. The van der Waals surface area contributed by atoms with Gasteiger partial charge in [0.25, 0.3) is 0 Å². The van der Waals surface area contributed by atoms with Crippen LogP contribution in [-0.4, -0.2) is 20.9 Å². The van der Waals surface area contributed by atoms with Gasteiger partial charge in [-0.1, -0.05) is 11.5 Å². The van der Waals surface area contributed by atoms with Crippen LogP contribution in [0.2, 0.25) is 0 Å². The fourth-order valence-electron chi connectivity index (χ4n) is 0.789. The Bertz CT molecular complexity index is 312. The summed E-state index contributed by atoms with van der Waals surface area (Å²) in [5, 5.41) is 0. The molecule has 0 aliphatic rings. The Morgan fingerprint density at radius 3 is 2.75 bits per heavy atom. The Morgan fingerprint density at radius 2 is 2.25 bits per heavy atom. The average molecular weight is 164 g/mol. The predicted molar refractivity (Wildman–Crippen MR) is 43.1 cm³/mol. The minimum Gasteiger partial charge on any atom is -0.465 e. The fourth-order valence-corrected chi connectivity index (χ4v) is 0.789. The first-order chi connectivity index (χ1) is 5.65. The molecule has 0 saturated carbocycles. The summed E-state index contributed by atoms with van der Waals surface area (Å²) in [6, 6.07) is 3.68. The Kier molecular flexibility index (Phi) is 2.48. The minimum atomic E-state index is -0.539. The van der Waals surface area contributed by atoms with Gasteiger partial charge < -0.3 is 4.74 Å². The van der Waals surface area contributed by atoms with Crippen molar-refractivity contribution in [3.63, 3.8) is 0 Å². The van der Waals surface area contributed by atoms with Crippen molar-refractivity contribution in [1.29, 1.82) is 0 Å². The normalized spacial score (nSPS) is 9.50. The van der Waals surface area contributed by atoms with Crippen molar-refractivity contribution >= 4 is 19.3 Å². The summed E-state index contributed by atoms with van der Waals surface area (Å²) >= 11 is 0. The molecule has 2 radical (unpaired) electrons. The van der Waals surface area contributed by atoms with E-state index in [1.807, 2.05) is 0 Å². The van der Waals surface area contributed by atoms with Crippen LogP contribution in [0.5, 0.6) is 0 Å². The molecule has 0 aliphatic heterocycles. The van der Waals surface area contributed by atoms with E-state index in [1.54, 1.807) is 0 Å². The van der Waals surface area contributed by atoms with Crippen LogP contribution in [0.3, 0.4) is 0 Å². The highest BCUT2D eigenvalue weighted by atomic mass is 19.1. The molecule has 0 atom stereocenters. The molecular formula is C8H6BFO2. The molecule has 0 aliphatic carbocycles. The molecule has 2 nitrogen and oxygen atoms in total. The number of halogens is 1. The number of methoxy groups -OCH3 is 1. The highest BCUT2D eigenvalue weighted by Crippen LogP contribution is 2.00. The largest absolute Gasteiger partial charge is 0.465 e. The highest BCUT2D eigenvalue weighted by molar-refractivity contribution is 6.32. The molecule has 1 aromatic carbocycles. The molecule has 4 heteroatoms. The van der Waals surface area contributed by atoms with E-state index in [0.29, 0.717) is 0 Å². The van der Waals surface area contributed by atoms with Crippen LogP contribution >= 0.6 is 0 Å². The van der Waals surface area contributed by atoms with Crippen molar-refractivity contribution in [2.45, 2.75) is 0 Å². The van der Waals surface area contributed by atoms with Crippen LogP contribution in [0.25, 0.3) is 0 Å². The summed E-state index contributed by atoms with van der Waals surface area (Å²) in [6.45, 7) is 0. The third-order valence-electron chi connectivity index (χ3n) is 1.42. The Labute approximate surface area is 70.8 Å². The van der Waals surface area contributed by atoms with Crippen LogP contribution in [-0.2, 0) is 4.74 Å². The third-order valence-corrected chi connectivity index (χ3v) is 1.42. The number of carbonyl (C=O) groups excluding carboxylic acids is 1. The smallest absolute Gasteiger partial charge is 0.337 e. The standard InChI is InChI=1S/C8H6BFO2/c1-12-8(11)5-2-3-7(10)6(9)4-5/h2-4H,1H3. The molecule has 1 rings (SSSR count). The predicted octanol–water partition coefficient (Wildman–Crippen LogP) is 0.406. The molecule has 0 amide bonds. The van der Waals surface area contributed by atoms with E-state index in [-0.39, 0.29) is 11.0 Å². The van der Waals surface area contributed by atoms with E-state index >= 15 is 0 Å². The SMILES string of the molecule is [B]c1cc(C(=O)OC)ccc1F. The van der Waals surface area contributed by atoms with Gasteiger partial charge in [-0.15, -0.1) is 0 Å². The first-order valence-corrected chi connectivity index (χ1v) is 3.28. The second kappa shape index (κ2) is 3.39. The lowest BCUT2D eigenvalue weighted by Gasteiger charge is -2.00. The van der Waals surface area contributed by atoms with Gasteiger partial charge in [-0.2, -0.15) is 0 Å². The fraction of sp³-hybridized carbons (Fsp3) is 0.125. The maximum Gasteiger partial charge on any atom is 0.337 e. The van der Waals surface area contributed by atoms with E-state index in [9.17, 15) is 9.18 Å². The van der Waals surface area contributed by atoms with Crippen molar-refractivity contribution in [2.24, 2.45) is 0 Å². The maximum atomic E-state index is 12.6. The van der Waals surface area contributed by atoms with Crippen LogP contribution in [0.15, 0.2) is 18.2 Å². The zero-order valence-electron chi connectivity index (χ0n) is 6.50. The monoisotopic (exact) mass is 164 g/mol. The highest BCUT2D eigenvalue weighted by Gasteiger charge is 2.06. The van der Waals surface area contributed by atoms with Crippen LogP contribution < -0.4 is 5.46 Å². The maximum absolute atomic E-state index is 12.6. The average Bonchev–Trinajstić information content (AvgIpc) is 2.08. The lowest BCUT2D eigenvalue weighted by atomic mass is 9.94. The molecule has 0 saturated heterocycles. The summed E-state index contributed by atoms with van der Waals surface area (Å²) in [5.41, 5.74) is 0.189. The number of ether oxygens (including phenoxy) is 1. The number of benzene rings is 1. The van der Waals surface area contributed by atoms with Crippen molar-refractivity contribution < 1.29 is 13.9 Å². The number of hydrogen-bond acceptors (Lipinski definition) is 2. The molecule has 0 bridgehead atoms. The van der Waals surface area contributed by atoms with Crippen LogP contribution in [0.1, 0.15) is 10.4 Å². The molecule has 12 heavy (non-hydrogen) atoms. The summed E-state index contributed by atoms with van der Waals surface area (Å²) in [5.74, 6) is -1.07. The van der Waals surface area contributed by atoms with E-state index in [4.69, 9.17) is 7.85 Å². The van der Waals surface area contributed by atoms with Gasteiger partial charge >= 0.3 is 5.97 Å². The first-order valence-electron chi connectivity index (χ1n) is 3.28. The van der Waals surface area contributed by atoms with Crippen LogP contribution in [0.4, 0.5) is 4.39 Å². The number of esters is 1. The number of hydrogen-bond donors (Lipinski definition) is 0. The third kappa shape index (κ3) is 1.64. The molecule has 0 fully saturated rings. The molecule has 0 heterocycles. The van der Waals surface area contributed by atoms with Gasteiger partial charge in [0.1, 0.15) is 13.7 Å². The summed E-state index contributed by atoms with van der Waals surface area (Å²) in [7, 11) is 6.48. The molecule has 0 spiro atoms. The molecular weight excluding hydrogens is 158 g/mol. The molecule has 0 unspecified atom stereocenters. The first kappa shape index (κ1) is 8.78. The minimum absolute atomic E-state index is 0.0575. The van der Waals surface area contributed by atoms with Crippen molar-refractivity contribution in [3.05, 3.63) is 29.6 Å². The van der Waals surface area contributed by atoms with Gasteiger partial charge in [-0.3, -0.25) is 0 Å². The van der Waals surface area contributed by atoms with Gasteiger partial charge in [0.05, 0.1) is 12.7 Å². The number of carbonyl (C=O) groups is 1. The van der Waals surface area contributed by atoms with Crippen molar-refractivity contribution in [2.75, 3.05) is 7.11 Å². The quantitative estimate of drug-likeness (QED) is 0.443. The summed E-state index contributed by atoms with van der Waals surface area (Å²) in [4.78, 5) is 10.9. The second-order valence-electron chi connectivity index (χ2n) is 2.23. The summed E-state index contributed by atoms with van der Waals surface area (Å²) < 4.78 is 17.0. The molecule has 0 aromatic heterocycles.